The molecule has 0 fully saturated rings. The Bertz CT molecular complexity index is 433. The Morgan fingerprint density at radius 1 is 1.19 bits per heavy atom. The second-order valence-corrected chi connectivity index (χ2v) is 4.52. The van der Waals surface area contributed by atoms with E-state index in [9.17, 15) is 4.79 Å². The third kappa shape index (κ3) is 1.73. The average Bonchev–Trinajstić information content (AvgIpc) is 2.41. The fourth-order valence-corrected chi connectivity index (χ4v) is 2.67. The monoisotopic (exact) mass is 218 g/mol. The molecule has 0 atom stereocenters. The summed E-state index contributed by atoms with van der Waals surface area (Å²) in [5, 5.41) is 0. The van der Waals surface area contributed by atoms with E-state index in [0.29, 0.717) is 6.42 Å². The number of hydrogen-bond donors (Lipinski definition) is 0. The molecule has 1 aliphatic rings. The first kappa shape index (κ1) is 11.2. The van der Waals surface area contributed by atoms with Crippen molar-refractivity contribution in [2.75, 3.05) is 7.11 Å². The third-order valence-corrected chi connectivity index (χ3v) is 3.37. The molecule has 0 aromatic heterocycles. The van der Waals surface area contributed by atoms with Crippen molar-refractivity contribution in [3.63, 3.8) is 0 Å². The first-order chi connectivity index (χ1) is 7.65. The van der Waals surface area contributed by atoms with Crippen LogP contribution in [0.3, 0.4) is 0 Å². The summed E-state index contributed by atoms with van der Waals surface area (Å²) >= 11 is 0. The molecule has 0 heterocycles. The summed E-state index contributed by atoms with van der Waals surface area (Å²) in [5.74, 6) is 1.15. The van der Waals surface area contributed by atoms with Crippen LogP contribution in [-0.2, 0) is 6.42 Å². The molecule has 1 aromatic carbocycles. The molecular formula is C14H18O2. The molecule has 0 amide bonds. The number of carbonyl (C=O) groups is 1. The number of carbonyl (C=O) groups excluding carboxylic acids is 1. The molecule has 86 valence electrons. The molecule has 1 aromatic rings. The predicted molar refractivity (Wildman–Crippen MR) is 64.4 cm³/mol. The van der Waals surface area contributed by atoms with Crippen LogP contribution in [0, 0.1) is 13.8 Å². The van der Waals surface area contributed by atoms with Gasteiger partial charge in [0.25, 0.3) is 0 Å². The van der Waals surface area contributed by atoms with Crippen LogP contribution < -0.4 is 4.74 Å². The Labute approximate surface area is 96.6 Å². The highest BCUT2D eigenvalue weighted by atomic mass is 16.5. The molecule has 2 heteroatoms. The van der Waals surface area contributed by atoms with Gasteiger partial charge in [-0.15, -0.1) is 0 Å². The minimum atomic E-state index is 0.281. The molecule has 0 spiro atoms. The maximum Gasteiger partial charge on any atom is 0.163 e. The Morgan fingerprint density at radius 2 is 1.88 bits per heavy atom. The zero-order valence-electron chi connectivity index (χ0n) is 10.2. The number of fused-ring (bicyclic) bond motifs is 1. The molecular weight excluding hydrogens is 200 g/mol. The first-order valence-electron chi connectivity index (χ1n) is 5.85. The fourth-order valence-electron chi connectivity index (χ4n) is 2.67. The minimum absolute atomic E-state index is 0.281. The summed E-state index contributed by atoms with van der Waals surface area (Å²) in [4.78, 5) is 12.1. The lowest BCUT2D eigenvalue weighted by Gasteiger charge is -2.15. The lowest BCUT2D eigenvalue weighted by atomic mass is 9.93. The molecule has 0 bridgehead atoms. The Morgan fingerprint density at radius 3 is 2.56 bits per heavy atom. The van der Waals surface area contributed by atoms with Crippen LogP contribution in [0.4, 0.5) is 0 Å². The summed E-state index contributed by atoms with van der Waals surface area (Å²) in [7, 11) is 1.67. The molecule has 0 unspecified atom stereocenters. The van der Waals surface area contributed by atoms with Crippen LogP contribution in [0.1, 0.15) is 46.3 Å². The highest BCUT2D eigenvalue weighted by Crippen LogP contribution is 2.32. The molecule has 0 saturated carbocycles. The van der Waals surface area contributed by atoms with Crippen molar-refractivity contribution in [1.82, 2.24) is 0 Å². The van der Waals surface area contributed by atoms with E-state index in [-0.39, 0.29) is 5.78 Å². The van der Waals surface area contributed by atoms with Crippen molar-refractivity contribution in [1.29, 1.82) is 0 Å². The smallest absolute Gasteiger partial charge is 0.163 e. The molecule has 2 nitrogen and oxygen atoms in total. The van der Waals surface area contributed by atoms with Gasteiger partial charge in [-0.2, -0.15) is 0 Å². The SMILES string of the molecule is COc1c(C)cc2c(c1C)C(=O)CCCC2. The molecule has 1 aliphatic carbocycles. The first-order valence-corrected chi connectivity index (χ1v) is 5.85. The van der Waals surface area contributed by atoms with Gasteiger partial charge in [0.15, 0.2) is 5.78 Å². The highest BCUT2D eigenvalue weighted by molar-refractivity contribution is 6.00. The van der Waals surface area contributed by atoms with Crippen molar-refractivity contribution in [3.8, 4) is 5.75 Å². The van der Waals surface area contributed by atoms with Gasteiger partial charge < -0.3 is 4.74 Å². The van der Waals surface area contributed by atoms with Crippen LogP contribution in [0.25, 0.3) is 0 Å². The van der Waals surface area contributed by atoms with Crippen LogP contribution in [-0.4, -0.2) is 12.9 Å². The maximum absolute atomic E-state index is 12.1. The third-order valence-electron chi connectivity index (χ3n) is 3.37. The number of rotatable bonds is 1. The van der Waals surface area contributed by atoms with Crippen molar-refractivity contribution in [2.24, 2.45) is 0 Å². The van der Waals surface area contributed by atoms with Gasteiger partial charge in [-0.25, -0.2) is 0 Å². The lowest BCUT2D eigenvalue weighted by molar-refractivity contribution is 0.0981. The van der Waals surface area contributed by atoms with Crippen molar-refractivity contribution in [2.45, 2.75) is 39.5 Å². The second kappa shape index (κ2) is 4.28. The van der Waals surface area contributed by atoms with Gasteiger partial charge in [-0.3, -0.25) is 4.79 Å². The van der Waals surface area contributed by atoms with E-state index < -0.39 is 0 Å². The predicted octanol–water partition coefficient (Wildman–Crippen LogP) is 3.22. The summed E-state index contributed by atoms with van der Waals surface area (Å²) in [5.41, 5.74) is 4.27. The van der Waals surface area contributed by atoms with Gasteiger partial charge in [-0.1, -0.05) is 6.07 Å². The number of aryl methyl sites for hydroxylation is 2. The number of benzene rings is 1. The van der Waals surface area contributed by atoms with E-state index in [0.717, 1.165) is 41.7 Å². The quantitative estimate of drug-likeness (QED) is 0.676. The van der Waals surface area contributed by atoms with Crippen molar-refractivity contribution in [3.05, 3.63) is 28.3 Å². The van der Waals surface area contributed by atoms with Crippen LogP contribution in [0.2, 0.25) is 0 Å². The number of methoxy groups -OCH3 is 1. The van der Waals surface area contributed by atoms with E-state index in [1.54, 1.807) is 7.11 Å². The largest absolute Gasteiger partial charge is 0.496 e. The topological polar surface area (TPSA) is 26.3 Å². The van der Waals surface area contributed by atoms with Gasteiger partial charge >= 0.3 is 0 Å². The second-order valence-electron chi connectivity index (χ2n) is 4.52. The molecule has 16 heavy (non-hydrogen) atoms. The van der Waals surface area contributed by atoms with Gasteiger partial charge in [-0.05, 0) is 44.2 Å². The molecule has 0 aliphatic heterocycles. The zero-order chi connectivity index (χ0) is 11.7. The number of ketones is 1. The van der Waals surface area contributed by atoms with E-state index in [2.05, 4.69) is 6.07 Å². The fraction of sp³-hybridized carbons (Fsp3) is 0.500. The zero-order valence-corrected chi connectivity index (χ0v) is 10.2. The number of ether oxygens (including phenoxy) is 1. The molecule has 2 rings (SSSR count). The summed E-state index contributed by atoms with van der Waals surface area (Å²) < 4.78 is 5.38. The Kier molecular flexibility index (Phi) is 2.99. The van der Waals surface area contributed by atoms with E-state index in [1.165, 1.54) is 5.56 Å². The average molecular weight is 218 g/mol. The van der Waals surface area contributed by atoms with E-state index >= 15 is 0 Å². The summed E-state index contributed by atoms with van der Waals surface area (Å²) in [6.07, 6.45) is 3.82. The van der Waals surface area contributed by atoms with E-state index in [1.807, 2.05) is 13.8 Å². The Hall–Kier alpha value is -1.31. The van der Waals surface area contributed by atoms with Crippen LogP contribution in [0.5, 0.6) is 5.75 Å². The molecule has 0 saturated heterocycles. The highest BCUT2D eigenvalue weighted by Gasteiger charge is 2.21. The van der Waals surface area contributed by atoms with Crippen LogP contribution in [0.15, 0.2) is 6.07 Å². The van der Waals surface area contributed by atoms with Crippen LogP contribution >= 0.6 is 0 Å². The van der Waals surface area contributed by atoms with Gasteiger partial charge in [0.2, 0.25) is 0 Å². The van der Waals surface area contributed by atoms with Crippen molar-refractivity contribution < 1.29 is 9.53 Å². The lowest BCUT2D eigenvalue weighted by Crippen LogP contribution is -2.06. The molecule has 0 N–H and O–H groups in total. The summed E-state index contributed by atoms with van der Waals surface area (Å²) in [6, 6.07) is 2.12. The summed E-state index contributed by atoms with van der Waals surface area (Å²) in [6.45, 7) is 4.04. The standard InChI is InChI=1S/C14H18O2/c1-9-8-11-6-4-5-7-12(15)13(11)10(2)14(9)16-3/h8H,4-7H2,1-3H3. The normalized spacial score (nSPS) is 15.6. The maximum atomic E-state index is 12.1. The van der Waals surface area contributed by atoms with Gasteiger partial charge in [0.1, 0.15) is 5.75 Å². The van der Waals surface area contributed by atoms with Crippen molar-refractivity contribution >= 4 is 5.78 Å². The minimum Gasteiger partial charge on any atom is -0.496 e. The van der Waals surface area contributed by atoms with Gasteiger partial charge in [0, 0.05) is 17.5 Å². The van der Waals surface area contributed by atoms with E-state index in [4.69, 9.17) is 4.74 Å². The number of hydrogen-bond acceptors (Lipinski definition) is 2. The Balaban J connectivity index is 2.65. The number of Topliss-reactive ketones (excluding diaryl/α,β-unsaturated/α-hetero) is 1. The van der Waals surface area contributed by atoms with Gasteiger partial charge in [0.05, 0.1) is 7.11 Å². The molecule has 0 radical (unpaired) electrons.